The Hall–Kier alpha value is -14.6. The Labute approximate surface area is 652 Å². The van der Waals surface area contributed by atoms with Crippen molar-refractivity contribution >= 4 is 108 Å². The molecule has 22 rings (SSSR count). The van der Waals surface area contributed by atoms with Gasteiger partial charge in [-0.3, -0.25) is 0 Å². The van der Waals surface area contributed by atoms with E-state index in [1.54, 1.807) is 0 Å². The monoisotopic (exact) mass is 1420 g/mol. The molecule has 0 N–H and O–H groups in total. The predicted molar refractivity (Wildman–Crippen MR) is 483 cm³/mol. The van der Waals surface area contributed by atoms with E-state index in [0.29, 0.717) is 0 Å². The van der Waals surface area contributed by atoms with Gasteiger partial charge in [0.15, 0.2) is 0 Å². The quantitative estimate of drug-likeness (QED) is 0.0998. The average Bonchev–Trinajstić information content (AvgIpc) is 0.746. The molecule has 0 radical (unpaired) electrons. The number of rotatable bonds is 9. The number of hydrogen-bond donors (Lipinski definition) is 0. The zero-order chi connectivity index (χ0) is 74.3. The highest BCUT2D eigenvalue weighted by Crippen LogP contribution is 2.50. The molecule has 0 spiro atoms. The second-order valence-electron chi connectivity index (χ2n) is 29.1. The highest BCUT2D eigenvalue weighted by Gasteiger charge is 2.23. The summed E-state index contributed by atoms with van der Waals surface area (Å²) in [6.45, 7) is 0. The molecule has 0 atom stereocenters. The zero-order valence-corrected chi connectivity index (χ0v) is 61.7. The van der Waals surface area contributed by atoms with Crippen molar-refractivity contribution in [2.75, 3.05) is 0 Å². The van der Waals surface area contributed by atoms with E-state index in [1.165, 1.54) is 208 Å². The van der Waals surface area contributed by atoms with Crippen LogP contribution in [-0.2, 0) is 0 Å². The molecule has 0 aliphatic heterocycles. The molecule has 0 saturated carbocycles. The minimum Gasteiger partial charge on any atom is -0.0622 e. The van der Waals surface area contributed by atoms with Gasteiger partial charge in [0.05, 0.1) is 0 Å². The molecular formula is C112H74. The first-order chi connectivity index (χ1) is 55.6. The second kappa shape index (κ2) is 29.2. The van der Waals surface area contributed by atoms with Crippen LogP contribution < -0.4 is 0 Å². The summed E-state index contributed by atoms with van der Waals surface area (Å²) < 4.78 is 0. The fraction of sp³-hybridized carbons (Fsp3) is 0. The topological polar surface area (TPSA) is 0 Å². The standard InChI is InChI=1S/2C40H26.C32H22/c1-2-11-29(12-3-1)39-35-14-6-8-16-37(35)40(38-17-9-7-15-36(38)39)33-23-20-28-19-22-32(25-34(28)26-33)31-21-18-27-10-4-5-13-30(27)24-31;1-2-14-27(15-3-1)39-34-22-10-12-24-36(34)40(37-25-13-11-23-35(37)39)33-21-9-8-20-32(33)38-26-28-16-4-5-17-29(28)30-18-6-7-19-31(30)38;1-3-11-23(12-4-1)24-19-21-26(22-20-24)32-29-17-9-7-15-27(29)31(25-13-5-2-6-14-25)28-16-8-10-18-30(28)32/h2*1-26H;1-22H. The van der Waals surface area contributed by atoms with E-state index in [1.807, 2.05) is 0 Å². The van der Waals surface area contributed by atoms with Gasteiger partial charge in [-0.25, -0.2) is 0 Å². The van der Waals surface area contributed by atoms with Crippen molar-refractivity contribution in [3.05, 3.63) is 449 Å². The van der Waals surface area contributed by atoms with Gasteiger partial charge in [-0.2, -0.15) is 0 Å². The lowest BCUT2D eigenvalue weighted by Crippen LogP contribution is -1.93. The van der Waals surface area contributed by atoms with Crippen LogP contribution in [0.2, 0.25) is 0 Å². The number of benzene rings is 22. The Morgan fingerprint density at radius 1 is 0.0893 bits per heavy atom. The van der Waals surface area contributed by atoms with Crippen LogP contribution in [0.4, 0.5) is 0 Å². The van der Waals surface area contributed by atoms with Gasteiger partial charge in [0.2, 0.25) is 0 Å². The molecule has 0 fully saturated rings. The van der Waals surface area contributed by atoms with Gasteiger partial charge in [0, 0.05) is 0 Å². The molecule has 0 heterocycles. The van der Waals surface area contributed by atoms with Crippen molar-refractivity contribution in [3.63, 3.8) is 0 Å². The Morgan fingerprint density at radius 3 is 0.750 bits per heavy atom. The Morgan fingerprint density at radius 2 is 0.330 bits per heavy atom. The fourth-order valence-electron chi connectivity index (χ4n) is 17.7. The van der Waals surface area contributed by atoms with Crippen LogP contribution in [0.1, 0.15) is 0 Å². The highest BCUT2D eigenvalue weighted by atomic mass is 14.3. The van der Waals surface area contributed by atoms with Crippen molar-refractivity contribution in [2.24, 2.45) is 0 Å². The molecule has 0 aliphatic carbocycles. The second-order valence-corrected chi connectivity index (χ2v) is 29.1. The third-order valence-corrected chi connectivity index (χ3v) is 22.7. The molecule has 0 nitrogen and oxygen atoms in total. The van der Waals surface area contributed by atoms with Gasteiger partial charge in [-0.1, -0.05) is 425 Å². The maximum atomic E-state index is 2.37. The summed E-state index contributed by atoms with van der Waals surface area (Å²) in [5.74, 6) is 0. The molecule has 522 valence electrons. The van der Waals surface area contributed by atoms with Crippen molar-refractivity contribution in [2.45, 2.75) is 0 Å². The van der Waals surface area contributed by atoms with E-state index in [2.05, 4.69) is 449 Å². The Bertz CT molecular complexity index is 7150. The van der Waals surface area contributed by atoms with E-state index in [-0.39, 0.29) is 0 Å². The third kappa shape index (κ3) is 12.2. The Balaban J connectivity index is 0.000000110. The summed E-state index contributed by atoms with van der Waals surface area (Å²) in [6, 6.07) is 163. The van der Waals surface area contributed by atoms with Gasteiger partial charge < -0.3 is 0 Å². The molecule has 0 bridgehead atoms. The molecule has 0 unspecified atom stereocenters. The van der Waals surface area contributed by atoms with Gasteiger partial charge in [-0.05, 0) is 232 Å². The first-order valence-electron chi connectivity index (χ1n) is 38.8. The molecule has 0 aromatic heterocycles. The minimum atomic E-state index is 1.24. The maximum Gasteiger partial charge on any atom is -0.00201 e. The molecule has 0 saturated heterocycles. The fourth-order valence-corrected chi connectivity index (χ4v) is 17.7. The van der Waals surface area contributed by atoms with Crippen LogP contribution in [-0.4, -0.2) is 0 Å². The lowest BCUT2D eigenvalue weighted by atomic mass is 9.83. The highest BCUT2D eigenvalue weighted by molar-refractivity contribution is 6.26. The van der Waals surface area contributed by atoms with Gasteiger partial charge in [0.25, 0.3) is 0 Å². The van der Waals surface area contributed by atoms with Gasteiger partial charge in [-0.15, -0.1) is 0 Å². The molecular weight excluding hydrogens is 1350 g/mol. The minimum absolute atomic E-state index is 1.24. The van der Waals surface area contributed by atoms with Gasteiger partial charge >= 0.3 is 0 Å². The first kappa shape index (κ1) is 66.8. The normalized spacial score (nSPS) is 11.4. The van der Waals surface area contributed by atoms with Crippen LogP contribution in [0, 0.1) is 0 Å². The maximum absolute atomic E-state index is 2.37. The summed E-state index contributed by atoms with van der Waals surface area (Å²) in [7, 11) is 0. The van der Waals surface area contributed by atoms with E-state index in [9.17, 15) is 0 Å². The smallest absolute Gasteiger partial charge is 0.00201 e. The van der Waals surface area contributed by atoms with E-state index >= 15 is 0 Å². The van der Waals surface area contributed by atoms with Crippen LogP contribution in [0.5, 0.6) is 0 Å². The van der Waals surface area contributed by atoms with E-state index in [0.717, 1.165) is 0 Å². The van der Waals surface area contributed by atoms with Crippen LogP contribution in [0.3, 0.4) is 0 Å². The van der Waals surface area contributed by atoms with Gasteiger partial charge in [0.1, 0.15) is 0 Å². The van der Waals surface area contributed by atoms with E-state index < -0.39 is 0 Å². The summed E-state index contributed by atoms with van der Waals surface area (Å²) in [5, 5.41) is 25.6. The number of fused-ring (bicyclic) bond motifs is 11. The lowest BCUT2D eigenvalue weighted by Gasteiger charge is -2.20. The Kier molecular flexibility index (Phi) is 17.4. The summed E-state index contributed by atoms with van der Waals surface area (Å²) >= 11 is 0. The molecule has 22 aromatic rings. The summed E-state index contributed by atoms with van der Waals surface area (Å²) in [6.07, 6.45) is 0. The molecule has 0 aliphatic rings. The average molecular weight is 1420 g/mol. The molecule has 0 heteroatoms. The summed E-state index contributed by atoms with van der Waals surface area (Å²) in [5.41, 5.74) is 22.8. The molecule has 112 heavy (non-hydrogen) atoms. The largest absolute Gasteiger partial charge is 0.0622 e. The van der Waals surface area contributed by atoms with Crippen molar-refractivity contribution in [3.8, 4) is 100 Å². The van der Waals surface area contributed by atoms with Crippen molar-refractivity contribution in [1.82, 2.24) is 0 Å². The predicted octanol–water partition coefficient (Wildman–Crippen LogP) is 31.6. The zero-order valence-electron chi connectivity index (χ0n) is 61.7. The molecule has 0 amide bonds. The SMILES string of the molecule is c1ccc(-c2c3ccccc3c(-c3ccc4ccc(-c5ccc6ccccc6c5)cc4c3)c3ccccc23)cc1.c1ccc(-c2c3ccccc3c(-c3ccccc3-c3cc4ccccc4c4ccccc34)c3ccccc23)cc1.c1ccc(-c2ccc(-c3c4ccccc4c(-c4ccccc4)c4ccccc34)cc2)cc1. The first-order valence-corrected chi connectivity index (χ1v) is 38.8. The van der Waals surface area contributed by atoms with Crippen LogP contribution >= 0.6 is 0 Å². The summed E-state index contributed by atoms with van der Waals surface area (Å²) in [4.78, 5) is 0. The van der Waals surface area contributed by atoms with Crippen LogP contribution in [0.25, 0.3) is 208 Å². The van der Waals surface area contributed by atoms with Crippen molar-refractivity contribution in [1.29, 1.82) is 0 Å². The lowest BCUT2D eigenvalue weighted by molar-refractivity contribution is 1.61. The number of hydrogen-bond acceptors (Lipinski definition) is 0. The van der Waals surface area contributed by atoms with Crippen LogP contribution in [0.15, 0.2) is 449 Å². The van der Waals surface area contributed by atoms with E-state index in [4.69, 9.17) is 0 Å². The molecule has 22 aromatic carbocycles. The van der Waals surface area contributed by atoms with Crippen molar-refractivity contribution < 1.29 is 0 Å². The third-order valence-electron chi connectivity index (χ3n) is 22.7.